The third-order valence-corrected chi connectivity index (χ3v) is 5.28. The molecule has 2 unspecified atom stereocenters. The van der Waals surface area contributed by atoms with Crippen molar-refractivity contribution in [1.82, 2.24) is 15.1 Å². The lowest BCUT2D eigenvalue weighted by Crippen LogP contribution is -2.55. The van der Waals surface area contributed by atoms with Crippen LogP contribution >= 0.6 is 24.8 Å². The summed E-state index contributed by atoms with van der Waals surface area (Å²) < 4.78 is 5.48. The second-order valence-corrected chi connectivity index (χ2v) is 6.67. The SMILES string of the molecule is CCC(CC)C(C(=O)N1CCC(CNC)C1)N1CCOCC1.Cl.Cl. The van der Waals surface area contributed by atoms with Crippen molar-refractivity contribution in [2.45, 2.75) is 39.2 Å². The molecule has 2 saturated heterocycles. The topological polar surface area (TPSA) is 44.8 Å². The van der Waals surface area contributed by atoms with Crippen molar-refractivity contribution in [2.24, 2.45) is 11.8 Å². The highest BCUT2D eigenvalue weighted by atomic mass is 35.5. The number of morpholine rings is 1. The van der Waals surface area contributed by atoms with Gasteiger partial charge in [0.1, 0.15) is 0 Å². The highest BCUT2D eigenvalue weighted by Gasteiger charge is 2.37. The molecule has 144 valence electrons. The van der Waals surface area contributed by atoms with Gasteiger partial charge in [0.25, 0.3) is 0 Å². The predicted octanol–water partition coefficient (Wildman–Crippen LogP) is 2.03. The summed E-state index contributed by atoms with van der Waals surface area (Å²) in [5.41, 5.74) is 0. The lowest BCUT2D eigenvalue weighted by Gasteiger charge is -2.39. The second-order valence-electron chi connectivity index (χ2n) is 6.67. The number of amides is 1. The van der Waals surface area contributed by atoms with Crippen molar-refractivity contribution in [3.8, 4) is 0 Å². The molecule has 2 fully saturated rings. The molecule has 0 bridgehead atoms. The summed E-state index contributed by atoms with van der Waals surface area (Å²) in [5.74, 6) is 1.42. The molecule has 0 saturated carbocycles. The summed E-state index contributed by atoms with van der Waals surface area (Å²) in [6, 6.07) is 0.0484. The third kappa shape index (κ3) is 6.03. The summed E-state index contributed by atoms with van der Waals surface area (Å²) in [6.07, 6.45) is 3.27. The van der Waals surface area contributed by atoms with E-state index in [4.69, 9.17) is 4.74 Å². The smallest absolute Gasteiger partial charge is 0.240 e. The zero-order valence-electron chi connectivity index (χ0n) is 15.3. The molecule has 0 spiro atoms. The average molecular weight is 384 g/mol. The Morgan fingerprint density at radius 1 is 1.17 bits per heavy atom. The van der Waals surface area contributed by atoms with E-state index in [1.165, 1.54) is 0 Å². The Labute approximate surface area is 159 Å². The largest absolute Gasteiger partial charge is 0.379 e. The molecule has 1 N–H and O–H groups in total. The summed E-state index contributed by atoms with van der Waals surface area (Å²) >= 11 is 0. The maximum absolute atomic E-state index is 13.2. The first-order chi connectivity index (χ1) is 10.7. The molecule has 0 aromatic carbocycles. The lowest BCUT2D eigenvalue weighted by atomic mass is 9.91. The van der Waals surface area contributed by atoms with Crippen LogP contribution in [0, 0.1) is 11.8 Å². The zero-order chi connectivity index (χ0) is 15.9. The maximum atomic E-state index is 13.2. The van der Waals surface area contributed by atoms with E-state index in [1.807, 2.05) is 7.05 Å². The molecule has 0 radical (unpaired) electrons. The minimum absolute atomic E-state index is 0. The standard InChI is InChI=1S/C17H33N3O2.2ClH/c1-4-15(5-2)16(19-8-10-22-11-9-19)17(21)20-7-6-14(13-20)12-18-3;;/h14-16,18H,4-13H2,1-3H3;2*1H. The van der Waals surface area contributed by atoms with E-state index in [9.17, 15) is 4.79 Å². The normalized spacial score (nSPS) is 22.8. The molecule has 2 rings (SSSR count). The molecule has 2 heterocycles. The number of likely N-dealkylation sites (tertiary alicyclic amines) is 1. The van der Waals surface area contributed by atoms with Gasteiger partial charge >= 0.3 is 0 Å². The number of ether oxygens (including phenoxy) is 1. The van der Waals surface area contributed by atoms with Crippen LogP contribution in [0.25, 0.3) is 0 Å². The van der Waals surface area contributed by atoms with Crippen LogP contribution in [0.1, 0.15) is 33.1 Å². The lowest BCUT2D eigenvalue weighted by molar-refractivity contribution is -0.140. The van der Waals surface area contributed by atoms with Crippen molar-refractivity contribution in [3.63, 3.8) is 0 Å². The number of carbonyl (C=O) groups is 1. The van der Waals surface area contributed by atoms with Crippen molar-refractivity contribution >= 4 is 30.7 Å². The van der Waals surface area contributed by atoms with Crippen LogP contribution in [0.4, 0.5) is 0 Å². The molecule has 2 aliphatic heterocycles. The molecule has 24 heavy (non-hydrogen) atoms. The van der Waals surface area contributed by atoms with Gasteiger partial charge in [0, 0.05) is 26.2 Å². The zero-order valence-corrected chi connectivity index (χ0v) is 17.0. The van der Waals surface area contributed by atoms with Crippen LogP contribution in [0.15, 0.2) is 0 Å². The fourth-order valence-corrected chi connectivity index (χ4v) is 3.92. The van der Waals surface area contributed by atoms with Crippen LogP contribution in [0.2, 0.25) is 0 Å². The monoisotopic (exact) mass is 383 g/mol. The van der Waals surface area contributed by atoms with Gasteiger partial charge in [-0.1, -0.05) is 26.7 Å². The second kappa shape index (κ2) is 12.3. The van der Waals surface area contributed by atoms with E-state index >= 15 is 0 Å². The number of halogens is 2. The Kier molecular flexibility index (Phi) is 12.3. The maximum Gasteiger partial charge on any atom is 0.240 e. The fraction of sp³-hybridized carbons (Fsp3) is 0.941. The van der Waals surface area contributed by atoms with Crippen LogP contribution in [0.3, 0.4) is 0 Å². The summed E-state index contributed by atoms with van der Waals surface area (Å²) in [5, 5.41) is 3.24. The van der Waals surface area contributed by atoms with Gasteiger partial charge in [0.05, 0.1) is 19.3 Å². The number of carbonyl (C=O) groups excluding carboxylic acids is 1. The van der Waals surface area contributed by atoms with Gasteiger partial charge in [-0.25, -0.2) is 0 Å². The number of hydrogen-bond donors (Lipinski definition) is 1. The molecule has 1 amide bonds. The minimum atomic E-state index is 0. The van der Waals surface area contributed by atoms with Crippen molar-refractivity contribution in [3.05, 3.63) is 0 Å². The van der Waals surface area contributed by atoms with E-state index in [1.54, 1.807) is 0 Å². The van der Waals surface area contributed by atoms with Gasteiger partial charge in [-0.05, 0) is 31.8 Å². The van der Waals surface area contributed by atoms with Gasteiger partial charge in [-0.15, -0.1) is 24.8 Å². The van der Waals surface area contributed by atoms with Crippen molar-refractivity contribution in [2.75, 3.05) is 53.0 Å². The molecule has 7 heteroatoms. The summed E-state index contributed by atoms with van der Waals surface area (Å²) in [6.45, 7) is 10.6. The van der Waals surface area contributed by atoms with Gasteiger partial charge in [0.15, 0.2) is 0 Å². The Hall–Kier alpha value is -0.0700. The number of nitrogens with one attached hydrogen (secondary N) is 1. The van der Waals surface area contributed by atoms with Crippen LogP contribution in [0.5, 0.6) is 0 Å². The molecular formula is C17H35Cl2N3O2. The van der Waals surface area contributed by atoms with Gasteiger partial charge in [0.2, 0.25) is 5.91 Å². The van der Waals surface area contributed by atoms with Gasteiger partial charge < -0.3 is 15.0 Å². The van der Waals surface area contributed by atoms with Crippen LogP contribution in [-0.2, 0) is 9.53 Å². The van der Waals surface area contributed by atoms with Crippen molar-refractivity contribution in [1.29, 1.82) is 0 Å². The number of nitrogens with zero attached hydrogens (tertiary/aromatic N) is 2. The van der Waals surface area contributed by atoms with E-state index in [-0.39, 0.29) is 30.9 Å². The fourth-order valence-electron chi connectivity index (χ4n) is 3.92. The Balaban J connectivity index is 0.00000264. The molecule has 0 aliphatic carbocycles. The van der Waals surface area contributed by atoms with Crippen LogP contribution < -0.4 is 5.32 Å². The minimum Gasteiger partial charge on any atom is -0.379 e. The Morgan fingerprint density at radius 2 is 1.79 bits per heavy atom. The summed E-state index contributed by atoms with van der Waals surface area (Å²) in [7, 11) is 1.99. The van der Waals surface area contributed by atoms with E-state index in [0.29, 0.717) is 17.7 Å². The van der Waals surface area contributed by atoms with E-state index in [2.05, 4.69) is 29.0 Å². The van der Waals surface area contributed by atoms with E-state index < -0.39 is 0 Å². The predicted molar refractivity (Wildman–Crippen MR) is 103 cm³/mol. The van der Waals surface area contributed by atoms with E-state index in [0.717, 1.165) is 65.2 Å². The quantitative estimate of drug-likeness (QED) is 0.730. The molecule has 0 aromatic heterocycles. The molecule has 2 atom stereocenters. The van der Waals surface area contributed by atoms with Gasteiger partial charge in [-0.2, -0.15) is 0 Å². The molecule has 2 aliphatic rings. The van der Waals surface area contributed by atoms with Gasteiger partial charge in [-0.3, -0.25) is 9.69 Å². The molecular weight excluding hydrogens is 349 g/mol. The van der Waals surface area contributed by atoms with Crippen LogP contribution in [-0.4, -0.2) is 74.7 Å². The molecule has 0 aromatic rings. The third-order valence-electron chi connectivity index (χ3n) is 5.28. The first kappa shape index (κ1) is 23.9. The highest BCUT2D eigenvalue weighted by molar-refractivity contribution is 5.85. The Morgan fingerprint density at radius 3 is 2.33 bits per heavy atom. The number of rotatable bonds is 7. The first-order valence-electron chi connectivity index (χ1n) is 8.96. The summed E-state index contributed by atoms with van der Waals surface area (Å²) in [4.78, 5) is 17.7. The average Bonchev–Trinajstić information content (AvgIpc) is 3.02. The first-order valence-corrected chi connectivity index (χ1v) is 8.96. The van der Waals surface area contributed by atoms with Crippen molar-refractivity contribution < 1.29 is 9.53 Å². The molecule has 5 nitrogen and oxygen atoms in total. The highest BCUT2D eigenvalue weighted by Crippen LogP contribution is 2.25. The number of hydrogen-bond acceptors (Lipinski definition) is 4. The Bertz CT molecular complexity index is 351.